The van der Waals surface area contributed by atoms with Gasteiger partial charge < -0.3 is 14.9 Å². The largest absolute Gasteiger partial charge is 0.496 e. The standard InChI is InChI=1S/C17H25NO4/c1-17(2)9-13(19)6-7-18(11-17)10-12-4-5-15(22-3)14(8-12)16(20)21/h4-5,8,13,19H,6-7,9-11H2,1-3H3,(H,20,21)/t13-/m0/s1. The molecule has 1 atom stereocenters. The minimum atomic E-state index is -0.981. The number of hydrogen-bond acceptors (Lipinski definition) is 4. The van der Waals surface area contributed by atoms with Crippen LogP contribution < -0.4 is 4.74 Å². The fourth-order valence-electron chi connectivity index (χ4n) is 3.23. The van der Waals surface area contributed by atoms with Gasteiger partial charge in [0.2, 0.25) is 0 Å². The first kappa shape index (κ1) is 16.8. The van der Waals surface area contributed by atoms with E-state index in [2.05, 4.69) is 18.7 Å². The van der Waals surface area contributed by atoms with Gasteiger partial charge in [0.1, 0.15) is 11.3 Å². The number of rotatable bonds is 4. The van der Waals surface area contributed by atoms with Gasteiger partial charge in [-0.05, 0) is 36.0 Å². The van der Waals surface area contributed by atoms with Gasteiger partial charge in [-0.15, -0.1) is 0 Å². The summed E-state index contributed by atoms with van der Waals surface area (Å²) in [6.45, 7) is 6.70. The van der Waals surface area contributed by atoms with Gasteiger partial charge in [-0.3, -0.25) is 4.90 Å². The van der Waals surface area contributed by atoms with Gasteiger partial charge in [0.05, 0.1) is 13.2 Å². The molecule has 122 valence electrons. The molecule has 1 fully saturated rings. The lowest BCUT2D eigenvalue weighted by Crippen LogP contribution is -2.32. The number of ether oxygens (including phenoxy) is 1. The van der Waals surface area contributed by atoms with E-state index in [1.165, 1.54) is 7.11 Å². The third-order valence-electron chi connectivity index (χ3n) is 4.12. The van der Waals surface area contributed by atoms with Crippen molar-refractivity contribution in [3.05, 3.63) is 29.3 Å². The Morgan fingerprint density at radius 3 is 2.82 bits per heavy atom. The Morgan fingerprint density at radius 1 is 1.45 bits per heavy atom. The average Bonchev–Trinajstić information content (AvgIpc) is 2.56. The number of nitrogens with zero attached hydrogens (tertiary/aromatic N) is 1. The van der Waals surface area contributed by atoms with E-state index in [0.717, 1.165) is 31.5 Å². The summed E-state index contributed by atoms with van der Waals surface area (Å²) in [4.78, 5) is 13.6. The third-order valence-corrected chi connectivity index (χ3v) is 4.12. The summed E-state index contributed by atoms with van der Waals surface area (Å²) in [5.41, 5.74) is 1.19. The van der Waals surface area contributed by atoms with E-state index in [4.69, 9.17) is 4.74 Å². The summed E-state index contributed by atoms with van der Waals surface area (Å²) < 4.78 is 5.09. The molecule has 1 aliphatic rings. The number of hydrogen-bond donors (Lipinski definition) is 2. The number of aliphatic hydroxyl groups excluding tert-OH is 1. The Bertz CT molecular complexity index is 541. The molecule has 5 nitrogen and oxygen atoms in total. The number of likely N-dealkylation sites (tertiary alicyclic amines) is 1. The fraction of sp³-hybridized carbons (Fsp3) is 0.588. The smallest absolute Gasteiger partial charge is 0.339 e. The van der Waals surface area contributed by atoms with Crippen molar-refractivity contribution in [2.45, 2.75) is 39.3 Å². The Labute approximate surface area is 131 Å². The van der Waals surface area contributed by atoms with E-state index in [9.17, 15) is 15.0 Å². The first-order valence-electron chi connectivity index (χ1n) is 7.61. The summed E-state index contributed by atoms with van der Waals surface area (Å²) in [7, 11) is 1.47. The summed E-state index contributed by atoms with van der Waals surface area (Å²) >= 11 is 0. The van der Waals surface area contributed by atoms with Gasteiger partial charge in [-0.1, -0.05) is 19.9 Å². The zero-order valence-corrected chi connectivity index (χ0v) is 13.5. The van der Waals surface area contributed by atoms with Crippen molar-refractivity contribution in [3.8, 4) is 5.75 Å². The summed E-state index contributed by atoms with van der Waals surface area (Å²) in [6, 6.07) is 5.28. The highest BCUT2D eigenvalue weighted by Gasteiger charge is 2.29. The highest BCUT2D eigenvalue weighted by atomic mass is 16.5. The number of methoxy groups -OCH3 is 1. The number of carboxylic acids is 1. The number of aliphatic hydroxyl groups is 1. The minimum Gasteiger partial charge on any atom is -0.496 e. The molecule has 1 aromatic carbocycles. The van der Waals surface area contributed by atoms with Crippen molar-refractivity contribution in [1.29, 1.82) is 0 Å². The van der Waals surface area contributed by atoms with E-state index in [1.807, 2.05) is 6.07 Å². The molecule has 1 heterocycles. The van der Waals surface area contributed by atoms with Gasteiger partial charge in [-0.25, -0.2) is 4.79 Å². The van der Waals surface area contributed by atoms with Crippen LogP contribution in [0.15, 0.2) is 18.2 Å². The van der Waals surface area contributed by atoms with E-state index in [-0.39, 0.29) is 17.1 Å². The zero-order valence-electron chi connectivity index (χ0n) is 13.5. The minimum absolute atomic E-state index is 0.0536. The Hall–Kier alpha value is -1.59. The maximum Gasteiger partial charge on any atom is 0.339 e. The second kappa shape index (κ2) is 6.67. The second-order valence-corrected chi connectivity index (χ2v) is 6.86. The molecule has 22 heavy (non-hydrogen) atoms. The van der Waals surface area contributed by atoms with Crippen LogP contribution in [-0.4, -0.2) is 47.4 Å². The molecular formula is C17H25NO4. The molecule has 0 unspecified atom stereocenters. The molecular weight excluding hydrogens is 282 g/mol. The van der Waals surface area contributed by atoms with E-state index in [1.54, 1.807) is 12.1 Å². The van der Waals surface area contributed by atoms with E-state index >= 15 is 0 Å². The van der Waals surface area contributed by atoms with Crippen LogP contribution in [0.4, 0.5) is 0 Å². The predicted molar refractivity (Wildman–Crippen MR) is 84.3 cm³/mol. The maximum atomic E-state index is 11.3. The van der Waals surface area contributed by atoms with Crippen molar-refractivity contribution in [2.75, 3.05) is 20.2 Å². The molecule has 0 spiro atoms. The Balaban J connectivity index is 2.16. The number of carboxylic acid groups (broad SMARTS) is 1. The topological polar surface area (TPSA) is 70.0 Å². The van der Waals surface area contributed by atoms with Gasteiger partial charge in [0.15, 0.2) is 0 Å². The Morgan fingerprint density at radius 2 is 2.18 bits per heavy atom. The summed E-state index contributed by atoms with van der Waals surface area (Å²) in [6.07, 6.45) is 1.29. The molecule has 0 bridgehead atoms. The number of benzene rings is 1. The molecule has 1 aliphatic heterocycles. The average molecular weight is 307 g/mol. The second-order valence-electron chi connectivity index (χ2n) is 6.86. The van der Waals surface area contributed by atoms with Crippen molar-refractivity contribution in [2.24, 2.45) is 5.41 Å². The molecule has 5 heteroatoms. The lowest BCUT2D eigenvalue weighted by Gasteiger charge is -2.29. The molecule has 1 aromatic rings. The molecule has 2 N–H and O–H groups in total. The van der Waals surface area contributed by atoms with Crippen LogP contribution in [0.3, 0.4) is 0 Å². The Kier molecular flexibility index (Phi) is 5.08. The van der Waals surface area contributed by atoms with Gasteiger partial charge in [-0.2, -0.15) is 0 Å². The summed E-state index contributed by atoms with van der Waals surface area (Å²) in [5, 5.41) is 19.2. The fourth-order valence-corrected chi connectivity index (χ4v) is 3.23. The van der Waals surface area contributed by atoms with Crippen LogP contribution in [0.5, 0.6) is 5.75 Å². The van der Waals surface area contributed by atoms with E-state index < -0.39 is 5.97 Å². The van der Waals surface area contributed by atoms with Crippen LogP contribution in [-0.2, 0) is 6.54 Å². The normalized spacial score (nSPS) is 22.1. The molecule has 0 amide bonds. The number of carbonyl (C=O) groups is 1. The van der Waals surface area contributed by atoms with Crippen molar-refractivity contribution < 1.29 is 19.7 Å². The molecule has 0 aliphatic carbocycles. The van der Waals surface area contributed by atoms with Crippen molar-refractivity contribution >= 4 is 5.97 Å². The third kappa shape index (κ3) is 4.21. The van der Waals surface area contributed by atoms with Crippen LogP contribution >= 0.6 is 0 Å². The van der Waals surface area contributed by atoms with Crippen molar-refractivity contribution in [1.82, 2.24) is 4.90 Å². The zero-order chi connectivity index (χ0) is 16.3. The van der Waals surface area contributed by atoms with Crippen LogP contribution in [0, 0.1) is 5.41 Å². The van der Waals surface area contributed by atoms with E-state index in [0.29, 0.717) is 12.3 Å². The summed E-state index contributed by atoms with van der Waals surface area (Å²) in [5.74, 6) is -0.604. The lowest BCUT2D eigenvalue weighted by atomic mass is 9.87. The molecule has 0 saturated carbocycles. The SMILES string of the molecule is COc1ccc(CN2CC[C@H](O)CC(C)(C)C2)cc1C(=O)O. The van der Waals surface area contributed by atoms with Crippen molar-refractivity contribution in [3.63, 3.8) is 0 Å². The van der Waals surface area contributed by atoms with Crippen LogP contribution in [0.2, 0.25) is 0 Å². The maximum absolute atomic E-state index is 11.3. The molecule has 0 aromatic heterocycles. The van der Waals surface area contributed by atoms with Crippen LogP contribution in [0.25, 0.3) is 0 Å². The first-order valence-corrected chi connectivity index (χ1v) is 7.61. The molecule has 2 rings (SSSR count). The molecule has 0 radical (unpaired) electrons. The lowest BCUT2D eigenvalue weighted by molar-refractivity contribution is 0.0693. The van der Waals surface area contributed by atoms with Crippen LogP contribution in [0.1, 0.15) is 42.6 Å². The van der Waals surface area contributed by atoms with Gasteiger partial charge in [0, 0.05) is 19.6 Å². The molecule has 1 saturated heterocycles. The van der Waals surface area contributed by atoms with Gasteiger partial charge in [0.25, 0.3) is 0 Å². The highest BCUT2D eigenvalue weighted by molar-refractivity contribution is 5.91. The number of aromatic carboxylic acids is 1. The van der Waals surface area contributed by atoms with Gasteiger partial charge >= 0.3 is 5.97 Å². The predicted octanol–water partition coefficient (Wildman–Crippen LogP) is 2.38. The first-order chi connectivity index (χ1) is 10.3. The highest BCUT2D eigenvalue weighted by Crippen LogP contribution is 2.29. The quantitative estimate of drug-likeness (QED) is 0.893. The monoisotopic (exact) mass is 307 g/mol.